The van der Waals surface area contributed by atoms with Crippen LogP contribution in [0.2, 0.25) is 0 Å². The molecular weight excluding hydrogens is 356 g/mol. The molecule has 1 saturated heterocycles. The molecule has 0 atom stereocenters. The third kappa shape index (κ3) is 4.11. The van der Waals surface area contributed by atoms with Crippen LogP contribution in [0.5, 0.6) is 11.5 Å². The van der Waals surface area contributed by atoms with Gasteiger partial charge in [0.2, 0.25) is 0 Å². The number of amides is 2. The Morgan fingerprint density at radius 2 is 1.46 bits per heavy atom. The zero-order valence-electron chi connectivity index (χ0n) is 16.6. The standard InChI is InChI=1S/C22H26N2O4/c1-16-7-4-5-8-18(16)22(26)24-12-6-11-23(13-14-24)21(25)17-9-10-19(27-2)20(15-17)28-3/h4-5,7-10,15H,6,11-14H2,1-3H3. The minimum Gasteiger partial charge on any atom is -0.493 e. The Hall–Kier alpha value is -3.02. The van der Waals surface area contributed by atoms with E-state index in [1.807, 2.05) is 36.1 Å². The lowest BCUT2D eigenvalue weighted by Gasteiger charge is -2.23. The van der Waals surface area contributed by atoms with E-state index in [2.05, 4.69) is 0 Å². The van der Waals surface area contributed by atoms with Crippen LogP contribution in [0.25, 0.3) is 0 Å². The van der Waals surface area contributed by atoms with E-state index in [-0.39, 0.29) is 11.8 Å². The summed E-state index contributed by atoms with van der Waals surface area (Å²) in [6.45, 7) is 4.22. The second kappa shape index (κ2) is 8.78. The Balaban J connectivity index is 1.70. The van der Waals surface area contributed by atoms with Gasteiger partial charge >= 0.3 is 0 Å². The van der Waals surface area contributed by atoms with E-state index < -0.39 is 0 Å². The van der Waals surface area contributed by atoms with Gasteiger partial charge in [0.15, 0.2) is 11.5 Å². The zero-order chi connectivity index (χ0) is 20.1. The van der Waals surface area contributed by atoms with Crippen LogP contribution in [0, 0.1) is 6.92 Å². The first-order valence-corrected chi connectivity index (χ1v) is 9.41. The highest BCUT2D eigenvalue weighted by molar-refractivity contribution is 5.96. The second-order valence-electron chi connectivity index (χ2n) is 6.82. The molecule has 2 aromatic rings. The number of carbonyl (C=O) groups excluding carboxylic acids is 2. The van der Waals surface area contributed by atoms with E-state index in [9.17, 15) is 9.59 Å². The van der Waals surface area contributed by atoms with E-state index in [0.29, 0.717) is 43.2 Å². The third-order valence-corrected chi connectivity index (χ3v) is 5.08. The van der Waals surface area contributed by atoms with E-state index in [4.69, 9.17) is 9.47 Å². The maximum absolute atomic E-state index is 12.9. The number of carbonyl (C=O) groups is 2. The Labute approximate surface area is 165 Å². The van der Waals surface area contributed by atoms with Crippen LogP contribution in [0.15, 0.2) is 42.5 Å². The summed E-state index contributed by atoms with van der Waals surface area (Å²) in [6.07, 6.45) is 0.747. The molecule has 0 unspecified atom stereocenters. The molecule has 6 heteroatoms. The summed E-state index contributed by atoms with van der Waals surface area (Å²) in [6, 6.07) is 12.8. The van der Waals surface area contributed by atoms with Gasteiger partial charge in [-0.25, -0.2) is 0 Å². The lowest BCUT2D eigenvalue weighted by Crippen LogP contribution is -2.37. The van der Waals surface area contributed by atoms with Gasteiger partial charge in [-0.3, -0.25) is 9.59 Å². The summed E-state index contributed by atoms with van der Waals surface area (Å²) in [4.78, 5) is 29.4. The van der Waals surface area contributed by atoms with E-state index in [0.717, 1.165) is 17.5 Å². The van der Waals surface area contributed by atoms with Gasteiger partial charge in [-0.1, -0.05) is 18.2 Å². The van der Waals surface area contributed by atoms with Crippen LogP contribution in [-0.2, 0) is 0 Å². The Kier molecular flexibility index (Phi) is 6.19. The monoisotopic (exact) mass is 382 g/mol. The average molecular weight is 382 g/mol. The molecule has 2 aromatic carbocycles. The van der Waals surface area contributed by atoms with Crippen LogP contribution >= 0.6 is 0 Å². The molecule has 1 aliphatic heterocycles. The normalized spacial score (nSPS) is 14.4. The molecule has 1 heterocycles. The van der Waals surface area contributed by atoms with Gasteiger partial charge < -0.3 is 19.3 Å². The Morgan fingerprint density at radius 1 is 0.821 bits per heavy atom. The smallest absolute Gasteiger partial charge is 0.254 e. The molecular formula is C22H26N2O4. The number of nitrogens with zero attached hydrogens (tertiary/aromatic N) is 2. The van der Waals surface area contributed by atoms with Crippen molar-refractivity contribution >= 4 is 11.8 Å². The number of hydrogen-bond acceptors (Lipinski definition) is 4. The van der Waals surface area contributed by atoms with Crippen molar-refractivity contribution in [2.45, 2.75) is 13.3 Å². The topological polar surface area (TPSA) is 59.1 Å². The number of rotatable bonds is 4. The maximum atomic E-state index is 12.9. The molecule has 0 spiro atoms. The first-order valence-electron chi connectivity index (χ1n) is 9.41. The van der Waals surface area contributed by atoms with E-state index in [1.54, 1.807) is 37.3 Å². The van der Waals surface area contributed by atoms with Gasteiger partial charge in [0.1, 0.15) is 0 Å². The summed E-state index contributed by atoms with van der Waals surface area (Å²) < 4.78 is 10.5. The summed E-state index contributed by atoms with van der Waals surface area (Å²) >= 11 is 0. The van der Waals surface area contributed by atoms with Crippen LogP contribution in [0.1, 0.15) is 32.7 Å². The predicted molar refractivity (Wildman–Crippen MR) is 107 cm³/mol. The lowest BCUT2D eigenvalue weighted by molar-refractivity contribution is 0.0718. The number of aryl methyl sites for hydroxylation is 1. The first-order chi connectivity index (χ1) is 13.5. The number of benzene rings is 2. The highest BCUT2D eigenvalue weighted by atomic mass is 16.5. The molecule has 0 bridgehead atoms. The van der Waals surface area contributed by atoms with Crippen molar-refractivity contribution in [3.8, 4) is 11.5 Å². The fraction of sp³-hybridized carbons (Fsp3) is 0.364. The van der Waals surface area contributed by atoms with E-state index >= 15 is 0 Å². The second-order valence-corrected chi connectivity index (χ2v) is 6.82. The van der Waals surface area contributed by atoms with Gasteiger partial charge in [-0.15, -0.1) is 0 Å². The van der Waals surface area contributed by atoms with Gasteiger partial charge in [-0.05, 0) is 43.2 Å². The summed E-state index contributed by atoms with van der Waals surface area (Å²) in [7, 11) is 3.11. The van der Waals surface area contributed by atoms with Gasteiger partial charge in [0.05, 0.1) is 14.2 Å². The first kappa shape index (κ1) is 19.7. The summed E-state index contributed by atoms with van der Waals surface area (Å²) in [5, 5.41) is 0. The van der Waals surface area contributed by atoms with Crippen molar-refractivity contribution in [2.24, 2.45) is 0 Å². The number of hydrogen-bond donors (Lipinski definition) is 0. The lowest BCUT2D eigenvalue weighted by atomic mass is 10.1. The van der Waals surface area contributed by atoms with Gasteiger partial charge in [0.25, 0.3) is 11.8 Å². The average Bonchev–Trinajstić information content (AvgIpc) is 2.99. The Morgan fingerprint density at radius 3 is 2.11 bits per heavy atom. The molecule has 1 fully saturated rings. The van der Waals surface area contributed by atoms with Gasteiger partial charge in [-0.2, -0.15) is 0 Å². The molecule has 28 heavy (non-hydrogen) atoms. The largest absolute Gasteiger partial charge is 0.493 e. The minimum atomic E-state index is -0.0638. The molecule has 2 amide bonds. The van der Waals surface area contributed by atoms with Crippen molar-refractivity contribution in [2.75, 3.05) is 40.4 Å². The minimum absolute atomic E-state index is 0.0264. The van der Waals surface area contributed by atoms with Crippen molar-refractivity contribution in [3.05, 3.63) is 59.2 Å². The fourth-order valence-electron chi connectivity index (χ4n) is 3.46. The fourth-order valence-corrected chi connectivity index (χ4v) is 3.46. The van der Waals surface area contributed by atoms with Crippen LogP contribution in [0.3, 0.4) is 0 Å². The number of ether oxygens (including phenoxy) is 2. The third-order valence-electron chi connectivity index (χ3n) is 5.08. The van der Waals surface area contributed by atoms with Crippen LogP contribution in [-0.4, -0.2) is 62.0 Å². The van der Waals surface area contributed by atoms with Crippen LogP contribution in [0.4, 0.5) is 0 Å². The van der Waals surface area contributed by atoms with Crippen molar-refractivity contribution in [1.82, 2.24) is 9.80 Å². The molecule has 148 valence electrons. The SMILES string of the molecule is COc1ccc(C(=O)N2CCCN(C(=O)c3ccccc3C)CC2)cc1OC. The zero-order valence-corrected chi connectivity index (χ0v) is 16.6. The van der Waals surface area contributed by atoms with Gasteiger partial charge in [0, 0.05) is 37.3 Å². The summed E-state index contributed by atoms with van der Waals surface area (Å²) in [5.74, 6) is 1.08. The molecule has 0 N–H and O–H groups in total. The molecule has 1 aliphatic rings. The van der Waals surface area contributed by atoms with E-state index in [1.165, 1.54) is 0 Å². The Bertz CT molecular complexity index is 865. The predicted octanol–water partition coefficient (Wildman–Crippen LogP) is 3.00. The van der Waals surface area contributed by atoms with Crippen molar-refractivity contribution in [1.29, 1.82) is 0 Å². The molecule has 0 saturated carbocycles. The number of methoxy groups -OCH3 is 2. The van der Waals surface area contributed by atoms with Crippen molar-refractivity contribution in [3.63, 3.8) is 0 Å². The molecule has 0 radical (unpaired) electrons. The molecule has 0 aliphatic carbocycles. The highest BCUT2D eigenvalue weighted by Crippen LogP contribution is 2.28. The molecule has 3 rings (SSSR count). The van der Waals surface area contributed by atoms with Crippen LogP contribution < -0.4 is 9.47 Å². The molecule has 0 aromatic heterocycles. The maximum Gasteiger partial charge on any atom is 0.254 e. The highest BCUT2D eigenvalue weighted by Gasteiger charge is 2.24. The summed E-state index contributed by atoms with van der Waals surface area (Å²) in [5.41, 5.74) is 2.24. The van der Waals surface area contributed by atoms with Crippen molar-refractivity contribution < 1.29 is 19.1 Å². The molecule has 6 nitrogen and oxygen atoms in total. The quantitative estimate of drug-likeness (QED) is 0.816.